The van der Waals surface area contributed by atoms with E-state index in [4.69, 9.17) is 0 Å². The molecule has 0 aromatic carbocycles. The quantitative estimate of drug-likeness (QED) is 0.260. The first kappa shape index (κ1) is 43.0. The van der Waals surface area contributed by atoms with Gasteiger partial charge in [0.25, 0.3) is 18.3 Å². The number of alkyl halides is 18. The molecule has 302 valence electrons. The highest BCUT2D eigenvalue weighted by Gasteiger charge is 2.62. The Bertz CT molecular complexity index is 1430. The van der Waals surface area contributed by atoms with Gasteiger partial charge in [0.2, 0.25) is 17.8 Å². The van der Waals surface area contributed by atoms with Gasteiger partial charge >= 0.3 is 55.1 Å². The zero-order valence-electron chi connectivity index (χ0n) is 26.0. The van der Waals surface area contributed by atoms with Crippen LogP contribution in [-0.2, 0) is 0 Å². The molecule has 3 rings (SSSR count). The highest BCUT2D eigenvalue weighted by molar-refractivity contribution is 5.42. The number of hydrogen-bond donors (Lipinski definition) is 1. The Labute approximate surface area is 282 Å². The molecule has 0 radical (unpaired) electrons. The van der Waals surface area contributed by atoms with Gasteiger partial charge in [-0.25, -0.2) is 0 Å². The number of nitrogens with zero attached hydrogens (tertiary/aromatic N) is 8. The van der Waals surface area contributed by atoms with Gasteiger partial charge in [0.15, 0.2) is 0 Å². The molecule has 0 amide bonds. The van der Waals surface area contributed by atoms with E-state index >= 15 is 0 Å². The molecule has 0 bridgehead atoms. The fourth-order valence-corrected chi connectivity index (χ4v) is 3.88. The van der Waals surface area contributed by atoms with E-state index in [0.29, 0.717) is 6.42 Å². The van der Waals surface area contributed by atoms with Crippen LogP contribution in [0.2, 0.25) is 0 Å². The van der Waals surface area contributed by atoms with Crippen molar-refractivity contribution in [2.75, 3.05) is 41.3 Å². The summed E-state index contributed by atoms with van der Waals surface area (Å²) in [6.45, 7) is 0.861. The van der Waals surface area contributed by atoms with Crippen LogP contribution < -0.4 is 29.3 Å². The second-order valence-corrected chi connectivity index (χ2v) is 10.6. The third-order valence-electron chi connectivity index (χ3n) is 6.47. The summed E-state index contributed by atoms with van der Waals surface area (Å²) in [6, 6.07) is -6.17. The van der Waals surface area contributed by atoms with Crippen molar-refractivity contribution in [3.8, 4) is 18.0 Å². The average Bonchev–Trinajstić information content (AvgIpc) is 2.98. The number of anilines is 3. The van der Waals surface area contributed by atoms with Gasteiger partial charge in [-0.05, 0) is 13.3 Å². The van der Waals surface area contributed by atoms with Crippen LogP contribution in [0.1, 0.15) is 20.3 Å². The Morgan fingerprint density at radius 1 is 0.491 bits per heavy atom. The molecule has 1 fully saturated rings. The molecule has 3 heterocycles. The topological polar surface area (TPSA) is 124 Å². The molecule has 1 aliphatic heterocycles. The molecular weight excluding hydrogens is 792 g/mol. The number of hydrogen-bond acceptors (Lipinski definition) is 12. The predicted molar refractivity (Wildman–Crippen MR) is 137 cm³/mol. The molecule has 1 N–H and O–H groups in total. The summed E-state index contributed by atoms with van der Waals surface area (Å²) >= 11 is 0. The summed E-state index contributed by atoms with van der Waals surface area (Å²) in [6.07, 6.45) is -50.7. The largest absolute Gasteiger partial charge is 0.440 e. The van der Waals surface area contributed by atoms with Crippen LogP contribution in [0, 0.1) is 0 Å². The molecule has 1 saturated heterocycles. The summed E-state index contributed by atoms with van der Waals surface area (Å²) < 4.78 is 248. The summed E-state index contributed by atoms with van der Waals surface area (Å²) in [4.78, 5) is 21.4. The average molecular weight is 813 g/mol. The summed E-state index contributed by atoms with van der Waals surface area (Å²) in [5, 5.41) is 2.57. The molecule has 0 aliphatic carbocycles. The van der Waals surface area contributed by atoms with Gasteiger partial charge in [0, 0.05) is 32.2 Å². The number of rotatable bonds is 11. The number of aromatic nitrogens is 6. The van der Waals surface area contributed by atoms with E-state index < -0.39 is 123 Å². The molecule has 12 nitrogen and oxygen atoms in total. The SMILES string of the molecule is CC[C@@H](C)Nc1nc(OC(C(F)(F)F)C(F)(F)F)nc(N2CCN(c3nc(OC(C(F)(F)F)C(F)(F)F)nc(OC(C(F)(F)F)C(F)(F)F)n3)CC2)n1. The number of halogens is 18. The molecule has 1 aliphatic rings. The standard InChI is InChI=1S/C23H21F18N9O3/c1-3-8(2)42-12-43-13(45-15(44-12)51-9(18(24,25)26)19(27,28)29)49-4-6-50(7-5-49)14-46-16(52-10(20(30,31)32)21(33,34)35)48-17(47-14)53-11(22(36,37)38)23(39,40)41/h8-11H,3-7H2,1-2H3,(H,42,43,44,45)/t8-/m1/s1. The van der Waals surface area contributed by atoms with E-state index in [2.05, 4.69) is 49.4 Å². The Kier molecular flexibility index (Phi) is 12.3. The van der Waals surface area contributed by atoms with E-state index in [0.717, 1.165) is 9.80 Å². The van der Waals surface area contributed by atoms with Crippen molar-refractivity contribution in [1.29, 1.82) is 0 Å². The van der Waals surface area contributed by atoms with Crippen molar-refractivity contribution in [3.63, 3.8) is 0 Å². The maximum Gasteiger partial charge on any atom is 0.434 e. The second-order valence-electron chi connectivity index (χ2n) is 10.6. The van der Waals surface area contributed by atoms with Gasteiger partial charge in [-0.15, -0.1) is 4.98 Å². The lowest BCUT2D eigenvalue weighted by molar-refractivity contribution is -0.303. The molecule has 0 unspecified atom stereocenters. The second kappa shape index (κ2) is 15.1. The van der Waals surface area contributed by atoms with Crippen LogP contribution in [0.5, 0.6) is 18.0 Å². The molecule has 30 heteroatoms. The van der Waals surface area contributed by atoms with Crippen molar-refractivity contribution in [3.05, 3.63) is 0 Å². The van der Waals surface area contributed by atoms with Crippen LogP contribution in [0.4, 0.5) is 96.9 Å². The van der Waals surface area contributed by atoms with Crippen molar-refractivity contribution < 1.29 is 93.2 Å². The molecule has 2 aromatic heterocycles. The Hall–Kier alpha value is -4.44. The van der Waals surface area contributed by atoms with Crippen molar-refractivity contribution in [2.24, 2.45) is 0 Å². The molecule has 0 spiro atoms. The Balaban J connectivity index is 2.00. The lowest BCUT2D eigenvalue weighted by atomic mass is 10.3. The zero-order valence-corrected chi connectivity index (χ0v) is 26.0. The summed E-state index contributed by atoms with van der Waals surface area (Å²) in [5.41, 5.74) is 0. The maximum absolute atomic E-state index is 13.2. The van der Waals surface area contributed by atoms with E-state index in [9.17, 15) is 79.0 Å². The Morgan fingerprint density at radius 2 is 0.774 bits per heavy atom. The van der Waals surface area contributed by atoms with Crippen molar-refractivity contribution in [1.82, 2.24) is 29.9 Å². The minimum Gasteiger partial charge on any atom is -0.440 e. The highest BCUT2D eigenvalue weighted by Crippen LogP contribution is 2.39. The zero-order chi connectivity index (χ0) is 40.5. The van der Waals surface area contributed by atoms with Crippen LogP contribution in [0.15, 0.2) is 0 Å². The normalized spacial score (nSPS) is 16.1. The van der Waals surface area contributed by atoms with Gasteiger partial charge < -0.3 is 29.3 Å². The summed E-state index contributed by atoms with van der Waals surface area (Å²) in [7, 11) is 0. The summed E-state index contributed by atoms with van der Waals surface area (Å²) in [5.74, 6) is -2.42. The number of nitrogens with one attached hydrogen (secondary N) is 1. The fourth-order valence-electron chi connectivity index (χ4n) is 3.88. The van der Waals surface area contributed by atoms with Gasteiger partial charge in [-0.2, -0.15) is 104 Å². The third kappa shape index (κ3) is 11.8. The van der Waals surface area contributed by atoms with E-state index in [1.165, 1.54) is 6.92 Å². The van der Waals surface area contributed by atoms with E-state index in [-0.39, 0.29) is 0 Å². The van der Waals surface area contributed by atoms with Crippen LogP contribution in [-0.4, -0.2) is 117 Å². The molecule has 2 aromatic rings. The smallest absolute Gasteiger partial charge is 0.434 e. The van der Waals surface area contributed by atoms with Crippen LogP contribution in [0.25, 0.3) is 0 Å². The molecule has 0 saturated carbocycles. The minimum atomic E-state index is -6.27. The molecular formula is C23H21F18N9O3. The minimum absolute atomic E-state index is 0.326. The third-order valence-corrected chi connectivity index (χ3v) is 6.47. The first-order valence-electron chi connectivity index (χ1n) is 14.1. The van der Waals surface area contributed by atoms with E-state index in [1.54, 1.807) is 6.92 Å². The first-order valence-corrected chi connectivity index (χ1v) is 14.1. The lowest BCUT2D eigenvalue weighted by Gasteiger charge is -2.35. The lowest BCUT2D eigenvalue weighted by Crippen LogP contribution is -2.49. The van der Waals surface area contributed by atoms with Gasteiger partial charge in [-0.3, -0.25) is 0 Å². The number of piperazine rings is 1. The predicted octanol–water partition coefficient (Wildman–Crippen LogP) is 6.21. The van der Waals surface area contributed by atoms with Crippen molar-refractivity contribution in [2.45, 2.75) is 81.7 Å². The fraction of sp³-hybridized carbons (Fsp3) is 0.739. The van der Waals surface area contributed by atoms with Crippen molar-refractivity contribution >= 4 is 17.8 Å². The highest BCUT2D eigenvalue weighted by atomic mass is 19.4. The van der Waals surface area contributed by atoms with Crippen LogP contribution >= 0.6 is 0 Å². The molecule has 53 heavy (non-hydrogen) atoms. The Morgan fingerprint density at radius 3 is 1.06 bits per heavy atom. The van der Waals surface area contributed by atoms with E-state index in [1.807, 2.05) is 0 Å². The van der Waals surface area contributed by atoms with Gasteiger partial charge in [0.1, 0.15) is 0 Å². The maximum atomic E-state index is 13.2. The first-order chi connectivity index (χ1) is 23.9. The van der Waals surface area contributed by atoms with Crippen LogP contribution in [0.3, 0.4) is 0 Å². The van der Waals surface area contributed by atoms with Gasteiger partial charge in [0.05, 0.1) is 0 Å². The van der Waals surface area contributed by atoms with Gasteiger partial charge in [-0.1, -0.05) is 6.92 Å². The monoisotopic (exact) mass is 813 g/mol. The number of ether oxygens (including phenoxy) is 3. The molecule has 1 atom stereocenters.